The third-order valence-corrected chi connectivity index (χ3v) is 6.90. The van der Waals surface area contributed by atoms with Crippen molar-refractivity contribution >= 4 is 33.5 Å². The average molecular weight is 440 g/mol. The summed E-state index contributed by atoms with van der Waals surface area (Å²) in [4.78, 5) is 37.4. The van der Waals surface area contributed by atoms with Gasteiger partial charge in [0.2, 0.25) is 15.9 Å². The third-order valence-electron chi connectivity index (χ3n) is 4.84. The minimum absolute atomic E-state index is 0.0753. The Bertz CT molecular complexity index is 850. The van der Waals surface area contributed by atoms with E-state index < -0.39 is 28.5 Å². The molecule has 1 aliphatic heterocycles. The second-order valence-electron chi connectivity index (χ2n) is 6.95. The van der Waals surface area contributed by atoms with E-state index in [4.69, 9.17) is 4.74 Å². The molecule has 1 aromatic carbocycles. The minimum atomic E-state index is -3.57. The van der Waals surface area contributed by atoms with Crippen LogP contribution in [-0.2, 0) is 29.1 Å². The lowest BCUT2D eigenvalue weighted by Gasteiger charge is -2.19. The van der Waals surface area contributed by atoms with Gasteiger partial charge in [-0.05, 0) is 37.1 Å². The van der Waals surface area contributed by atoms with Crippen molar-refractivity contribution in [2.75, 3.05) is 38.1 Å². The Labute approximate surface area is 177 Å². The van der Waals surface area contributed by atoms with E-state index in [2.05, 4.69) is 5.32 Å². The van der Waals surface area contributed by atoms with Crippen molar-refractivity contribution in [2.24, 2.45) is 0 Å². The first-order chi connectivity index (χ1) is 14.3. The van der Waals surface area contributed by atoms with Crippen LogP contribution in [-0.4, -0.2) is 68.2 Å². The molecule has 2 amide bonds. The van der Waals surface area contributed by atoms with Crippen LogP contribution in [0.25, 0.3) is 0 Å². The maximum absolute atomic E-state index is 12.5. The zero-order chi connectivity index (χ0) is 22.1. The fraction of sp³-hybridized carbons (Fsp3) is 0.550. The average Bonchev–Trinajstić information content (AvgIpc) is 2.92. The molecule has 1 aliphatic rings. The van der Waals surface area contributed by atoms with Gasteiger partial charge in [-0.1, -0.05) is 20.3 Å². The number of anilines is 1. The Morgan fingerprint density at radius 2 is 1.77 bits per heavy atom. The van der Waals surface area contributed by atoms with Gasteiger partial charge in [0.25, 0.3) is 5.91 Å². The molecule has 0 spiro atoms. The number of benzene rings is 1. The molecule has 2 rings (SSSR count). The molecule has 0 radical (unpaired) electrons. The van der Waals surface area contributed by atoms with E-state index in [-0.39, 0.29) is 17.3 Å². The van der Waals surface area contributed by atoms with E-state index in [9.17, 15) is 22.8 Å². The van der Waals surface area contributed by atoms with E-state index >= 15 is 0 Å². The summed E-state index contributed by atoms with van der Waals surface area (Å²) in [5.41, 5.74) is 0.386. The summed E-state index contributed by atoms with van der Waals surface area (Å²) >= 11 is 0. The number of esters is 1. The number of amides is 2. The molecule has 0 unspecified atom stereocenters. The molecule has 0 bridgehead atoms. The molecule has 10 heteroatoms. The van der Waals surface area contributed by atoms with Crippen LogP contribution in [0.15, 0.2) is 29.2 Å². The quantitative estimate of drug-likeness (QED) is 0.585. The van der Waals surface area contributed by atoms with Crippen LogP contribution in [0.3, 0.4) is 0 Å². The van der Waals surface area contributed by atoms with Crippen LogP contribution in [0.1, 0.15) is 39.5 Å². The number of hydrogen-bond donors (Lipinski definition) is 1. The number of carbonyl (C=O) groups is 3. The molecule has 1 fully saturated rings. The van der Waals surface area contributed by atoms with Crippen molar-refractivity contribution in [1.82, 2.24) is 9.21 Å². The van der Waals surface area contributed by atoms with Gasteiger partial charge in [-0.2, -0.15) is 4.31 Å². The Morgan fingerprint density at radius 3 is 2.40 bits per heavy atom. The number of carbonyl (C=O) groups excluding carboxylic acids is 3. The first-order valence-corrected chi connectivity index (χ1v) is 11.6. The van der Waals surface area contributed by atoms with E-state index in [0.29, 0.717) is 31.7 Å². The molecule has 0 aromatic heterocycles. The number of nitrogens with one attached hydrogen (secondary N) is 1. The molecule has 0 atom stereocenters. The lowest BCUT2D eigenvalue weighted by molar-refractivity contribution is -0.151. The van der Waals surface area contributed by atoms with Gasteiger partial charge in [0, 0.05) is 31.7 Å². The smallest absolute Gasteiger partial charge is 0.326 e. The second-order valence-corrected chi connectivity index (χ2v) is 8.89. The van der Waals surface area contributed by atoms with Crippen LogP contribution >= 0.6 is 0 Å². The van der Waals surface area contributed by atoms with E-state index in [1.807, 2.05) is 0 Å². The highest BCUT2D eigenvalue weighted by atomic mass is 32.2. The number of hydrogen-bond acceptors (Lipinski definition) is 6. The Morgan fingerprint density at radius 1 is 1.10 bits per heavy atom. The van der Waals surface area contributed by atoms with Gasteiger partial charge in [0.15, 0.2) is 6.61 Å². The van der Waals surface area contributed by atoms with Gasteiger partial charge in [-0.3, -0.25) is 14.4 Å². The maximum atomic E-state index is 12.5. The summed E-state index contributed by atoms with van der Waals surface area (Å²) in [6.45, 7) is 4.13. The normalized spacial score (nSPS) is 15.0. The summed E-state index contributed by atoms with van der Waals surface area (Å²) in [6, 6.07) is 5.79. The predicted octanol–water partition coefficient (Wildman–Crippen LogP) is 1.60. The molecule has 0 aliphatic carbocycles. The first kappa shape index (κ1) is 23.8. The lowest BCUT2D eigenvalue weighted by atomic mass is 10.2. The Kier molecular flexibility index (Phi) is 8.79. The zero-order valence-electron chi connectivity index (χ0n) is 17.4. The van der Waals surface area contributed by atoms with Gasteiger partial charge in [0.1, 0.15) is 6.54 Å². The summed E-state index contributed by atoms with van der Waals surface area (Å²) in [7, 11) is -3.57. The summed E-state index contributed by atoms with van der Waals surface area (Å²) in [5.74, 6) is -1.26. The highest BCUT2D eigenvalue weighted by Crippen LogP contribution is 2.18. The van der Waals surface area contributed by atoms with E-state index in [1.54, 1.807) is 13.8 Å². The van der Waals surface area contributed by atoms with E-state index in [0.717, 1.165) is 19.3 Å². The third kappa shape index (κ3) is 6.53. The van der Waals surface area contributed by atoms with Crippen molar-refractivity contribution in [3.63, 3.8) is 0 Å². The number of sulfonamides is 1. The molecule has 30 heavy (non-hydrogen) atoms. The number of likely N-dealkylation sites (tertiary alicyclic amines) is 1. The highest BCUT2D eigenvalue weighted by Gasteiger charge is 2.22. The minimum Gasteiger partial charge on any atom is -0.454 e. The number of nitrogens with zero attached hydrogens (tertiary/aromatic N) is 2. The van der Waals surface area contributed by atoms with Crippen LogP contribution in [0.2, 0.25) is 0 Å². The van der Waals surface area contributed by atoms with Gasteiger partial charge >= 0.3 is 5.97 Å². The monoisotopic (exact) mass is 439 g/mol. The Balaban J connectivity index is 1.84. The number of ether oxygens (including phenoxy) is 1. The molecule has 1 aromatic rings. The van der Waals surface area contributed by atoms with Gasteiger partial charge in [-0.25, -0.2) is 8.42 Å². The van der Waals surface area contributed by atoms with Crippen molar-refractivity contribution in [3.05, 3.63) is 24.3 Å². The van der Waals surface area contributed by atoms with Gasteiger partial charge in [0.05, 0.1) is 4.90 Å². The molecule has 1 heterocycles. The van der Waals surface area contributed by atoms with Crippen molar-refractivity contribution in [3.8, 4) is 0 Å². The molecule has 166 valence electrons. The van der Waals surface area contributed by atoms with Crippen LogP contribution in [0.5, 0.6) is 0 Å². The largest absolute Gasteiger partial charge is 0.454 e. The van der Waals surface area contributed by atoms with Gasteiger partial charge in [-0.15, -0.1) is 0 Å². The Hall–Kier alpha value is -2.46. The van der Waals surface area contributed by atoms with Crippen LogP contribution in [0, 0.1) is 0 Å². The molecule has 1 saturated heterocycles. The first-order valence-electron chi connectivity index (χ1n) is 10.1. The fourth-order valence-electron chi connectivity index (χ4n) is 3.17. The molecular weight excluding hydrogens is 410 g/mol. The topological polar surface area (TPSA) is 113 Å². The molecule has 0 saturated carbocycles. The fourth-order valence-corrected chi connectivity index (χ4v) is 4.63. The summed E-state index contributed by atoms with van der Waals surface area (Å²) in [6.07, 6.45) is 3.05. The lowest BCUT2D eigenvalue weighted by Crippen LogP contribution is -2.36. The van der Waals surface area contributed by atoms with Crippen LogP contribution < -0.4 is 5.32 Å². The SMILES string of the molecule is CCN(CC)S(=O)(=O)c1ccc(NC(=O)COC(=O)CN2CCCCCC2=O)cc1. The molecular formula is C20H29N3O6S. The zero-order valence-corrected chi connectivity index (χ0v) is 18.2. The summed E-state index contributed by atoms with van der Waals surface area (Å²) < 4.78 is 31.2. The number of rotatable bonds is 9. The maximum Gasteiger partial charge on any atom is 0.326 e. The summed E-state index contributed by atoms with van der Waals surface area (Å²) in [5, 5.41) is 2.55. The van der Waals surface area contributed by atoms with Crippen molar-refractivity contribution < 1.29 is 27.5 Å². The van der Waals surface area contributed by atoms with Gasteiger partial charge < -0.3 is 15.0 Å². The van der Waals surface area contributed by atoms with E-state index in [1.165, 1.54) is 33.5 Å². The molecule has 1 N–H and O–H groups in total. The standard InChI is InChI=1S/C20H29N3O6S/c1-3-23(4-2)30(27,28)17-11-9-16(10-12-17)21-18(24)15-29-20(26)14-22-13-7-5-6-8-19(22)25/h9-12H,3-8,13-15H2,1-2H3,(H,21,24). The van der Waals surface area contributed by atoms with Crippen LogP contribution in [0.4, 0.5) is 5.69 Å². The second kappa shape index (κ2) is 11.1. The highest BCUT2D eigenvalue weighted by molar-refractivity contribution is 7.89. The predicted molar refractivity (Wildman–Crippen MR) is 111 cm³/mol. The van der Waals surface area contributed by atoms with Crippen molar-refractivity contribution in [2.45, 2.75) is 44.4 Å². The van der Waals surface area contributed by atoms with Crippen molar-refractivity contribution in [1.29, 1.82) is 0 Å². The molecule has 9 nitrogen and oxygen atoms in total.